The smallest absolute Gasteiger partial charge is 0.262 e. The first-order chi connectivity index (χ1) is 9.85. The Bertz CT molecular complexity index is 845. The van der Waals surface area contributed by atoms with Crippen molar-refractivity contribution in [1.29, 1.82) is 5.26 Å². The molecule has 0 saturated heterocycles. The Labute approximate surface area is 118 Å². The Hall–Kier alpha value is -2.53. The maximum Gasteiger partial charge on any atom is 0.262 e. The Morgan fingerprint density at radius 1 is 1.05 bits per heavy atom. The van der Waals surface area contributed by atoms with Crippen LogP contribution < -0.4 is 4.72 Å². The summed E-state index contributed by atoms with van der Waals surface area (Å²) in [5.41, 5.74) is -1.06. The van der Waals surface area contributed by atoms with Crippen molar-refractivity contribution in [2.45, 2.75) is 4.90 Å². The van der Waals surface area contributed by atoms with Crippen LogP contribution in [0.2, 0.25) is 0 Å². The first-order valence-electron chi connectivity index (χ1n) is 5.51. The average molecular weight is 312 g/mol. The van der Waals surface area contributed by atoms with Gasteiger partial charge in [-0.25, -0.2) is 21.6 Å². The molecule has 108 valence electrons. The number of anilines is 1. The normalized spacial score (nSPS) is 11.0. The van der Waals surface area contributed by atoms with Gasteiger partial charge in [0.15, 0.2) is 11.6 Å². The molecule has 0 spiro atoms. The summed E-state index contributed by atoms with van der Waals surface area (Å²) in [6, 6.07) is 7.00. The molecule has 1 N–H and O–H groups in total. The number of rotatable bonds is 3. The van der Waals surface area contributed by atoms with Crippen molar-refractivity contribution in [2.75, 3.05) is 4.72 Å². The van der Waals surface area contributed by atoms with E-state index in [1.54, 1.807) is 0 Å². The lowest BCUT2D eigenvalue weighted by molar-refractivity contribution is 0.511. The number of hydrogen-bond donors (Lipinski definition) is 1. The van der Waals surface area contributed by atoms with Crippen LogP contribution in [0.25, 0.3) is 0 Å². The molecule has 0 aliphatic heterocycles. The maximum atomic E-state index is 13.4. The van der Waals surface area contributed by atoms with E-state index in [1.807, 2.05) is 4.72 Å². The Morgan fingerprint density at radius 2 is 1.76 bits per heavy atom. The summed E-state index contributed by atoms with van der Waals surface area (Å²) >= 11 is 0. The van der Waals surface area contributed by atoms with E-state index in [0.717, 1.165) is 36.4 Å². The SMILES string of the molecule is N#Cc1cc(S(=O)(=O)Nc2cccc(F)c2F)ccc1F. The highest BCUT2D eigenvalue weighted by Crippen LogP contribution is 2.22. The molecule has 2 aromatic carbocycles. The molecule has 0 aliphatic carbocycles. The summed E-state index contributed by atoms with van der Waals surface area (Å²) in [5.74, 6) is -3.45. The molecule has 21 heavy (non-hydrogen) atoms. The minimum absolute atomic E-state index is 0.441. The molecule has 0 aromatic heterocycles. The van der Waals surface area contributed by atoms with Crippen LogP contribution >= 0.6 is 0 Å². The summed E-state index contributed by atoms with van der Waals surface area (Å²) < 4.78 is 65.5. The second kappa shape index (κ2) is 5.46. The van der Waals surface area contributed by atoms with Gasteiger partial charge < -0.3 is 0 Å². The second-order valence-corrected chi connectivity index (χ2v) is 5.64. The number of benzene rings is 2. The minimum atomic E-state index is -4.28. The van der Waals surface area contributed by atoms with Crippen LogP contribution in [-0.4, -0.2) is 8.42 Å². The zero-order valence-corrected chi connectivity index (χ0v) is 11.1. The molecule has 2 aromatic rings. The molecule has 4 nitrogen and oxygen atoms in total. The third kappa shape index (κ3) is 2.98. The van der Waals surface area contributed by atoms with E-state index in [4.69, 9.17) is 5.26 Å². The molecular weight excluding hydrogens is 305 g/mol. The van der Waals surface area contributed by atoms with Gasteiger partial charge in [-0.05, 0) is 30.3 Å². The van der Waals surface area contributed by atoms with Crippen LogP contribution in [0.1, 0.15) is 5.56 Å². The number of hydrogen-bond acceptors (Lipinski definition) is 3. The monoisotopic (exact) mass is 312 g/mol. The van der Waals surface area contributed by atoms with Crippen molar-refractivity contribution < 1.29 is 21.6 Å². The van der Waals surface area contributed by atoms with Crippen molar-refractivity contribution >= 4 is 15.7 Å². The molecule has 0 amide bonds. The van der Waals surface area contributed by atoms with Gasteiger partial charge in [0.25, 0.3) is 10.0 Å². The fraction of sp³-hybridized carbons (Fsp3) is 0. The van der Waals surface area contributed by atoms with Crippen LogP contribution in [0.15, 0.2) is 41.3 Å². The molecule has 0 aliphatic rings. The van der Waals surface area contributed by atoms with Crippen LogP contribution in [0.3, 0.4) is 0 Å². The fourth-order valence-electron chi connectivity index (χ4n) is 1.54. The van der Waals surface area contributed by atoms with Gasteiger partial charge in [-0.2, -0.15) is 5.26 Å². The van der Waals surface area contributed by atoms with Gasteiger partial charge in [0, 0.05) is 0 Å². The highest BCUT2D eigenvalue weighted by atomic mass is 32.2. The second-order valence-electron chi connectivity index (χ2n) is 3.96. The largest absolute Gasteiger partial charge is 0.277 e. The molecule has 0 unspecified atom stereocenters. The van der Waals surface area contributed by atoms with Gasteiger partial charge in [-0.1, -0.05) is 6.07 Å². The van der Waals surface area contributed by atoms with Crippen molar-refractivity contribution in [1.82, 2.24) is 0 Å². The Morgan fingerprint density at radius 3 is 2.43 bits per heavy atom. The van der Waals surface area contributed by atoms with Crippen LogP contribution in [-0.2, 0) is 10.0 Å². The summed E-state index contributed by atoms with van der Waals surface area (Å²) in [7, 11) is -4.28. The molecule has 0 radical (unpaired) electrons. The lowest BCUT2D eigenvalue weighted by atomic mass is 10.2. The van der Waals surface area contributed by atoms with Gasteiger partial charge in [0.1, 0.15) is 11.9 Å². The zero-order chi connectivity index (χ0) is 15.6. The van der Waals surface area contributed by atoms with Gasteiger partial charge >= 0.3 is 0 Å². The standard InChI is InChI=1S/C13H7F3N2O2S/c14-10-5-4-9(6-8(10)7-17)21(19,20)18-12-3-1-2-11(15)13(12)16/h1-6,18H. The Kier molecular flexibility index (Phi) is 3.86. The van der Waals surface area contributed by atoms with E-state index in [1.165, 1.54) is 6.07 Å². The van der Waals surface area contributed by atoms with Gasteiger partial charge in [-0.3, -0.25) is 4.72 Å². The fourth-order valence-corrected chi connectivity index (χ4v) is 2.63. The minimum Gasteiger partial charge on any atom is -0.277 e. The van der Waals surface area contributed by atoms with Gasteiger partial charge in [0.05, 0.1) is 16.1 Å². The number of nitrogens with one attached hydrogen (secondary N) is 1. The maximum absolute atomic E-state index is 13.4. The van der Waals surface area contributed by atoms with E-state index >= 15 is 0 Å². The topological polar surface area (TPSA) is 70.0 Å². The highest BCUT2D eigenvalue weighted by molar-refractivity contribution is 7.92. The van der Waals surface area contributed by atoms with Crippen LogP contribution in [0.4, 0.5) is 18.9 Å². The van der Waals surface area contributed by atoms with Crippen molar-refractivity contribution in [3.8, 4) is 6.07 Å². The number of nitriles is 1. The quantitative estimate of drug-likeness (QED) is 0.947. The highest BCUT2D eigenvalue weighted by Gasteiger charge is 2.19. The predicted molar refractivity (Wildman–Crippen MR) is 68.3 cm³/mol. The van der Waals surface area contributed by atoms with Crippen molar-refractivity contribution in [3.05, 3.63) is 59.4 Å². The number of sulfonamides is 1. The third-order valence-corrected chi connectivity index (χ3v) is 3.93. The predicted octanol–water partition coefficient (Wildman–Crippen LogP) is 2.78. The molecule has 8 heteroatoms. The molecule has 0 saturated carbocycles. The van der Waals surface area contributed by atoms with E-state index < -0.39 is 43.6 Å². The van der Waals surface area contributed by atoms with Crippen LogP contribution in [0, 0.1) is 28.8 Å². The summed E-state index contributed by atoms with van der Waals surface area (Å²) in [4.78, 5) is -0.441. The number of nitrogens with zero attached hydrogens (tertiary/aromatic N) is 1. The van der Waals surface area contributed by atoms with E-state index in [0.29, 0.717) is 0 Å². The molecule has 0 bridgehead atoms. The summed E-state index contributed by atoms with van der Waals surface area (Å²) in [6.07, 6.45) is 0. The number of halogens is 3. The lowest BCUT2D eigenvalue weighted by Gasteiger charge is -2.09. The molecule has 2 rings (SSSR count). The van der Waals surface area contributed by atoms with E-state index in [9.17, 15) is 21.6 Å². The first kappa shape index (κ1) is 14.9. The lowest BCUT2D eigenvalue weighted by Crippen LogP contribution is -2.14. The van der Waals surface area contributed by atoms with Crippen molar-refractivity contribution in [2.24, 2.45) is 0 Å². The van der Waals surface area contributed by atoms with E-state index in [-0.39, 0.29) is 0 Å². The first-order valence-corrected chi connectivity index (χ1v) is 7.00. The molecule has 0 heterocycles. The van der Waals surface area contributed by atoms with Gasteiger partial charge in [-0.15, -0.1) is 0 Å². The molecular formula is C13H7F3N2O2S. The third-order valence-electron chi connectivity index (χ3n) is 2.56. The van der Waals surface area contributed by atoms with Crippen LogP contribution in [0.5, 0.6) is 0 Å². The molecule has 0 atom stereocenters. The Balaban J connectivity index is 2.44. The van der Waals surface area contributed by atoms with E-state index in [2.05, 4.69) is 0 Å². The van der Waals surface area contributed by atoms with Gasteiger partial charge in [0.2, 0.25) is 0 Å². The molecule has 0 fully saturated rings. The van der Waals surface area contributed by atoms with Crippen molar-refractivity contribution in [3.63, 3.8) is 0 Å². The zero-order valence-electron chi connectivity index (χ0n) is 10.3. The summed E-state index contributed by atoms with van der Waals surface area (Å²) in [5, 5.41) is 8.66. The summed E-state index contributed by atoms with van der Waals surface area (Å²) in [6.45, 7) is 0. The average Bonchev–Trinajstić information content (AvgIpc) is 2.44.